The first-order chi connectivity index (χ1) is 20.5. The molecule has 0 bridgehead atoms. The van der Waals surface area contributed by atoms with Gasteiger partial charge in [0.2, 0.25) is 5.91 Å². The van der Waals surface area contributed by atoms with Crippen LogP contribution in [-0.4, -0.2) is 78.6 Å². The van der Waals surface area contributed by atoms with E-state index in [4.69, 9.17) is 14.2 Å². The summed E-state index contributed by atoms with van der Waals surface area (Å²) in [5.74, 6) is 1.21. The van der Waals surface area contributed by atoms with Gasteiger partial charge in [0.25, 0.3) is 0 Å². The molecule has 4 rings (SSSR count). The maximum absolute atomic E-state index is 13.6. The molecule has 43 heavy (non-hydrogen) atoms. The fraction of sp³-hybridized carbons (Fsp3) is 0.912. The van der Waals surface area contributed by atoms with E-state index in [9.17, 15) is 19.5 Å². The van der Waals surface area contributed by atoms with Gasteiger partial charge in [-0.15, -0.1) is 0 Å². The highest BCUT2D eigenvalue weighted by Gasteiger charge is 2.46. The van der Waals surface area contributed by atoms with E-state index in [-0.39, 0.29) is 36.5 Å². The summed E-state index contributed by atoms with van der Waals surface area (Å²) in [7, 11) is 1.32. The van der Waals surface area contributed by atoms with Crippen LogP contribution in [-0.2, 0) is 23.8 Å². The number of rotatable bonds is 9. The second kappa shape index (κ2) is 15.4. The SMILES string of the molecule is COC(=O)C(O)(COC1CCCC(C(=O)N2CCC(C3CCCC(CNC(=O)OC(C)(C)C)C3)CC2)C1)C1CCCCC1. The number of methoxy groups -OCH3 is 1. The fourth-order valence-electron chi connectivity index (χ4n) is 8.20. The van der Waals surface area contributed by atoms with Gasteiger partial charge in [-0.3, -0.25) is 4.79 Å². The van der Waals surface area contributed by atoms with Crippen molar-refractivity contribution in [1.29, 1.82) is 0 Å². The first kappa shape index (κ1) is 34.0. The first-order valence-electron chi connectivity index (χ1n) is 17.2. The molecular weight excluding hydrogens is 548 g/mol. The van der Waals surface area contributed by atoms with E-state index in [1.807, 2.05) is 20.8 Å². The molecule has 0 aromatic heterocycles. The van der Waals surface area contributed by atoms with Crippen LogP contribution in [0.4, 0.5) is 4.79 Å². The van der Waals surface area contributed by atoms with Crippen molar-refractivity contribution in [3.05, 3.63) is 0 Å². The molecule has 2 N–H and O–H groups in total. The zero-order valence-electron chi connectivity index (χ0n) is 27.2. The van der Waals surface area contributed by atoms with E-state index in [2.05, 4.69) is 10.2 Å². The van der Waals surface area contributed by atoms with Crippen LogP contribution < -0.4 is 5.32 Å². The summed E-state index contributed by atoms with van der Waals surface area (Å²) in [6.45, 7) is 7.88. The zero-order valence-corrected chi connectivity index (χ0v) is 27.2. The molecule has 0 aromatic carbocycles. The van der Waals surface area contributed by atoms with Gasteiger partial charge in [-0.1, -0.05) is 38.5 Å². The number of carbonyl (C=O) groups is 3. The molecule has 5 atom stereocenters. The number of hydrogen-bond donors (Lipinski definition) is 2. The molecule has 5 unspecified atom stereocenters. The van der Waals surface area contributed by atoms with Crippen molar-refractivity contribution in [3.8, 4) is 0 Å². The van der Waals surface area contributed by atoms with Gasteiger partial charge in [0.15, 0.2) is 5.60 Å². The number of ether oxygens (including phenoxy) is 3. The lowest BCUT2D eigenvalue weighted by Gasteiger charge is -2.41. The Labute approximate surface area is 259 Å². The average molecular weight is 607 g/mol. The molecule has 0 spiro atoms. The van der Waals surface area contributed by atoms with Crippen molar-refractivity contribution in [2.75, 3.05) is 33.4 Å². The molecule has 4 fully saturated rings. The van der Waals surface area contributed by atoms with Crippen LogP contribution in [0.3, 0.4) is 0 Å². The van der Waals surface area contributed by atoms with Crippen molar-refractivity contribution in [2.45, 2.75) is 134 Å². The van der Waals surface area contributed by atoms with E-state index < -0.39 is 17.2 Å². The molecule has 9 heteroatoms. The number of esters is 1. The van der Waals surface area contributed by atoms with Crippen molar-refractivity contribution in [3.63, 3.8) is 0 Å². The molecule has 246 valence electrons. The molecule has 1 aliphatic heterocycles. The smallest absolute Gasteiger partial charge is 0.407 e. The minimum atomic E-state index is -1.61. The standard InChI is InChI=1S/C34H58N2O7/c1-33(2,3)43-32(39)35-22-24-10-8-11-26(20-24)25-16-18-36(19-17-25)30(37)27-12-9-15-29(21-27)42-23-34(40,31(38)41-4)28-13-6-5-7-14-28/h24-29,40H,5-23H2,1-4H3,(H,35,39). The van der Waals surface area contributed by atoms with Gasteiger partial charge < -0.3 is 29.5 Å². The highest BCUT2D eigenvalue weighted by molar-refractivity contribution is 5.80. The van der Waals surface area contributed by atoms with E-state index in [0.717, 1.165) is 90.1 Å². The highest BCUT2D eigenvalue weighted by atomic mass is 16.6. The summed E-state index contributed by atoms with van der Waals surface area (Å²) >= 11 is 0. The number of likely N-dealkylation sites (tertiary alicyclic amines) is 1. The second-order valence-electron chi connectivity index (χ2n) is 14.9. The molecule has 4 aliphatic rings. The van der Waals surface area contributed by atoms with Crippen molar-refractivity contribution < 1.29 is 33.7 Å². The molecule has 0 radical (unpaired) electrons. The highest BCUT2D eigenvalue weighted by Crippen LogP contribution is 2.39. The third kappa shape index (κ3) is 9.56. The Morgan fingerprint density at radius 3 is 2.21 bits per heavy atom. The minimum Gasteiger partial charge on any atom is -0.467 e. The molecule has 2 amide bonds. The first-order valence-corrected chi connectivity index (χ1v) is 17.2. The van der Waals surface area contributed by atoms with Gasteiger partial charge in [-0.2, -0.15) is 0 Å². The number of carbonyl (C=O) groups excluding carboxylic acids is 3. The molecule has 3 aliphatic carbocycles. The van der Waals surface area contributed by atoms with Crippen molar-refractivity contribution in [2.24, 2.45) is 29.6 Å². The van der Waals surface area contributed by atoms with E-state index >= 15 is 0 Å². The number of alkyl carbamates (subject to hydrolysis) is 1. The maximum Gasteiger partial charge on any atom is 0.407 e. The molecular formula is C34H58N2O7. The summed E-state index contributed by atoms with van der Waals surface area (Å²) in [6.07, 6.45) is 14.4. The topological polar surface area (TPSA) is 114 Å². The quantitative estimate of drug-likeness (QED) is 0.328. The number of nitrogens with zero attached hydrogens (tertiary/aromatic N) is 1. The molecule has 1 heterocycles. The molecule has 1 saturated heterocycles. The predicted octanol–water partition coefficient (Wildman–Crippen LogP) is 5.62. The van der Waals surface area contributed by atoms with Gasteiger partial charge in [-0.05, 0) is 96.3 Å². The van der Waals surface area contributed by atoms with Crippen LogP contribution in [0.2, 0.25) is 0 Å². The third-order valence-corrected chi connectivity index (χ3v) is 10.6. The molecule has 0 aromatic rings. The summed E-state index contributed by atoms with van der Waals surface area (Å²) in [4.78, 5) is 40.4. The van der Waals surface area contributed by atoms with Crippen LogP contribution >= 0.6 is 0 Å². The summed E-state index contributed by atoms with van der Waals surface area (Å²) in [5.41, 5.74) is -2.10. The van der Waals surface area contributed by atoms with Crippen LogP contribution in [0.25, 0.3) is 0 Å². The van der Waals surface area contributed by atoms with E-state index in [1.54, 1.807) is 0 Å². The Morgan fingerprint density at radius 2 is 1.53 bits per heavy atom. The third-order valence-electron chi connectivity index (χ3n) is 10.6. The Bertz CT molecular complexity index is 922. The summed E-state index contributed by atoms with van der Waals surface area (Å²) < 4.78 is 16.6. The van der Waals surface area contributed by atoms with Crippen LogP contribution in [0.15, 0.2) is 0 Å². The molecule has 9 nitrogen and oxygen atoms in total. The number of hydrogen-bond acceptors (Lipinski definition) is 7. The Morgan fingerprint density at radius 1 is 0.837 bits per heavy atom. The Hall–Kier alpha value is -1.87. The summed E-state index contributed by atoms with van der Waals surface area (Å²) in [6, 6.07) is 0. The van der Waals surface area contributed by atoms with Gasteiger partial charge in [-0.25, -0.2) is 9.59 Å². The van der Waals surface area contributed by atoms with Gasteiger partial charge >= 0.3 is 12.1 Å². The lowest BCUT2D eigenvalue weighted by atomic mass is 9.72. The van der Waals surface area contributed by atoms with E-state index in [0.29, 0.717) is 30.7 Å². The number of nitrogens with one attached hydrogen (secondary N) is 1. The largest absolute Gasteiger partial charge is 0.467 e. The Balaban J connectivity index is 1.21. The van der Waals surface area contributed by atoms with Crippen molar-refractivity contribution in [1.82, 2.24) is 10.2 Å². The number of aliphatic hydroxyl groups is 1. The van der Waals surface area contributed by atoms with Crippen molar-refractivity contribution >= 4 is 18.0 Å². The maximum atomic E-state index is 13.6. The fourth-order valence-corrected chi connectivity index (χ4v) is 8.20. The lowest BCUT2D eigenvalue weighted by molar-refractivity contribution is -0.184. The minimum absolute atomic E-state index is 0.0585. The van der Waals surface area contributed by atoms with Gasteiger partial charge in [0.05, 0.1) is 19.8 Å². The number of amides is 2. The average Bonchev–Trinajstić information content (AvgIpc) is 3.02. The van der Waals surface area contributed by atoms with Crippen LogP contribution in [0.5, 0.6) is 0 Å². The number of piperidine rings is 1. The van der Waals surface area contributed by atoms with Gasteiger partial charge in [0.1, 0.15) is 5.60 Å². The van der Waals surface area contributed by atoms with Crippen LogP contribution in [0, 0.1) is 29.6 Å². The Kier molecular flexibility index (Phi) is 12.2. The summed E-state index contributed by atoms with van der Waals surface area (Å²) in [5, 5.41) is 14.3. The monoisotopic (exact) mass is 606 g/mol. The van der Waals surface area contributed by atoms with Gasteiger partial charge in [0, 0.05) is 31.5 Å². The zero-order chi connectivity index (χ0) is 31.0. The second-order valence-corrected chi connectivity index (χ2v) is 14.9. The lowest BCUT2D eigenvalue weighted by Crippen LogP contribution is -2.52. The van der Waals surface area contributed by atoms with Crippen LogP contribution in [0.1, 0.15) is 117 Å². The molecule has 3 saturated carbocycles. The predicted molar refractivity (Wildman–Crippen MR) is 164 cm³/mol. The normalized spacial score (nSPS) is 29.4. The van der Waals surface area contributed by atoms with E-state index in [1.165, 1.54) is 20.0 Å².